The van der Waals surface area contributed by atoms with Gasteiger partial charge in [0.25, 0.3) is 5.88 Å². The van der Waals surface area contributed by atoms with Gasteiger partial charge in [-0.25, -0.2) is 28.9 Å². The van der Waals surface area contributed by atoms with Crippen LogP contribution in [0.1, 0.15) is 12.8 Å². The van der Waals surface area contributed by atoms with Gasteiger partial charge in [0.15, 0.2) is 5.82 Å². The van der Waals surface area contributed by atoms with Crippen LogP contribution in [-0.4, -0.2) is 88.0 Å². The molecule has 4 heterocycles. The first-order chi connectivity index (χ1) is 18.1. The third-order valence-corrected chi connectivity index (χ3v) is 5.08. The van der Waals surface area contributed by atoms with Crippen molar-refractivity contribution >= 4 is 17.8 Å². The van der Waals surface area contributed by atoms with E-state index >= 15 is 0 Å². The second kappa shape index (κ2) is 13.2. The lowest BCUT2D eigenvalue weighted by Gasteiger charge is -2.32. The Morgan fingerprint density at radius 3 is 2.23 bits per heavy atom. The van der Waals surface area contributed by atoms with Crippen LogP contribution < -0.4 is 14.4 Å². The van der Waals surface area contributed by atoms with E-state index in [1.807, 2.05) is 0 Å². The molecule has 11 nitrogen and oxygen atoms in total. The fourth-order valence-corrected chi connectivity index (χ4v) is 3.48. The van der Waals surface area contributed by atoms with E-state index in [0.29, 0.717) is 19.0 Å². The standard InChI is InChI=1S/C17H19FN4O3.2C2HF3O2/c1-23-15-8-14(20-10-21-15)22-9-13(16-12(22)5-3-7-24-16)25-17-11(18)4-2-6-19-17;2*3-2(4,5)1(6)7/h2,4,6,8,10,12-13,16H,3,5,7,9H2,1H3;2*(H,6,7)/t12-,13+,16+;;/m1../s1. The van der Waals surface area contributed by atoms with Crippen LogP contribution in [0.25, 0.3) is 0 Å². The van der Waals surface area contributed by atoms with Crippen LogP contribution >= 0.6 is 0 Å². The summed E-state index contributed by atoms with van der Waals surface area (Å²) in [5.74, 6) is -4.74. The van der Waals surface area contributed by atoms with Crippen molar-refractivity contribution in [3.8, 4) is 11.8 Å². The molecule has 3 atom stereocenters. The Labute approximate surface area is 215 Å². The quantitative estimate of drug-likeness (QED) is 0.520. The first kappa shape index (κ1) is 31.3. The van der Waals surface area contributed by atoms with Crippen molar-refractivity contribution in [3.05, 3.63) is 36.5 Å². The third-order valence-electron chi connectivity index (χ3n) is 5.08. The molecule has 18 heteroatoms. The van der Waals surface area contributed by atoms with E-state index in [4.69, 9.17) is 34.0 Å². The summed E-state index contributed by atoms with van der Waals surface area (Å²) in [4.78, 5) is 32.3. The highest BCUT2D eigenvalue weighted by molar-refractivity contribution is 5.73. The minimum atomic E-state index is -5.08. The summed E-state index contributed by atoms with van der Waals surface area (Å²) in [5.41, 5.74) is 0. The molecular weight excluding hydrogens is 553 g/mol. The van der Waals surface area contributed by atoms with Crippen molar-refractivity contribution in [2.24, 2.45) is 0 Å². The van der Waals surface area contributed by atoms with Gasteiger partial charge in [-0.2, -0.15) is 26.3 Å². The molecule has 2 aromatic heterocycles. The topological polar surface area (TPSA) is 144 Å². The molecule has 0 aromatic carbocycles. The Morgan fingerprint density at radius 1 is 1.08 bits per heavy atom. The van der Waals surface area contributed by atoms with Crippen molar-refractivity contribution in [2.45, 2.75) is 43.4 Å². The zero-order valence-corrected chi connectivity index (χ0v) is 19.8. The highest BCUT2D eigenvalue weighted by Gasteiger charge is 2.46. The van der Waals surface area contributed by atoms with E-state index in [1.54, 1.807) is 13.2 Å². The average molecular weight is 574 g/mol. The van der Waals surface area contributed by atoms with Gasteiger partial charge in [-0.3, -0.25) is 0 Å². The number of aromatic nitrogens is 3. The van der Waals surface area contributed by atoms with Crippen molar-refractivity contribution < 1.29 is 64.7 Å². The second-order valence-electron chi connectivity index (χ2n) is 7.67. The molecule has 2 aromatic rings. The number of carboxylic acids is 2. The number of carboxylic acid groups (broad SMARTS) is 2. The maximum atomic E-state index is 13.9. The molecule has 0 bridgehead atoms. The van der Waals surface area contributed by atoms with Gasteiger partial charge in [0.2, 0.25) is 5.88 Å². The molecule has 0 saturated carbocycles. The van der Waals surface area contributed by atoms with Crippen LogP contribution in [0.2, 0.25) is 0 Å². The van der Waals surface area contributed by atoms with Gasteiger partial charge < -0.3 is 29.3 Å². The Balaban J connectivity index is 0.000000317. The molecule has 2 saturated heterocycles. The van der Waals surface area contributed by atoms with Gasteiger partial charge >= 0.3 is 24.3 Å². The van der Waals surface area contributed by atoms with E-state index in [2.05, 4.69) is 19.9 Å². The Bertz CT molecular complexity index is 1100. The Kier molecular flexibility index (Phi) is 10.6. The summed E-state index contributed by atoms with van der Waals surface area (Å²) in [5, 5.41) is 14.2. The van der Waals surface area contributed by atoms with Gasteiger partial charge in [0, 0.05) is 18.9 Å². The molecule has 2 N–H and O–H groups in total. The summed E-state index contributed by atoms with van der Waals surface area (Å²) < 4.78 is 94.4. The number of halogens is 7. The van der Waals surface area contributed by atoms with Crippen LogP contribution in [0.5, 0.6) is 11.8 Å². The number of anilines is 1. The lowest BCUT2D eigenvalue weighted by atomic mass is 10.0. The number of rotatable bonds is 4. The second-order valence-corrected chi connectivity index (χ2v) is 7.67. The molecule has 2 aliphatic heterocycles. The molecule has 216 valence electrons. The molecule has 39 heavy (non-hydrogen) atoms. The van der Waals surface area contributed by atoms with Crippen molar-refractivity contribution in [1.82, 2.24) is 15.0 Å². The number of fused-ring (bicyclic) bond motifs is 1. The number of ether oxygens (including phenoxy) is 3. The lowest BCUT2D eigenvalue weighted by molar-refractivity contribution is -0.193. The van der Waals surface area contributed by atoms with Crippen LogP contribution in [0.3, 0.4) is 0 Å². The van der Waals surface area contributed by atoms with E-state index in [1.165, 1.54) is 24.7 Å². The summed E-state index contributed by atoms with van der Waals surface area (Å²) in [6, 6.07) is 4.78. The number of alkyl halides is 6. The van der Waals surface area contributed by atoms with Gasteiger partial charge in [-0.15, -0.1) is 0 Å². The summed E-state index contributed by atoms with van der Waals surface area (Å²) in [7, 11) is 1.57. The van der Waals surface area contributed by atoms with E-state index in [-0.39, 0.29) is 24.1 Å². The minimum absolute atomic E-state index is 0.00235. The first-order valence-electron chi connectivity index (χ1n) is 10.8. The van der Waals surface area contributed by atoms with Crippen molar-refractivity contribution in [1.29, 1.82) is 0 Å². The van der Waals surface area contributed by atoms with E-state index in [9.17, 15) is 30.7 Å². The predicted octanol–water partition coefficient (Wildman–Crippen LogP) is 3.10. The molecule has 0 unspecified atom stereocenters. The lowest BCUT2D eigenvalue weighted by Crippen LogP contribution is -2.43. The number of carbonyl (C=O) groups is 2. The molecule has 4 rings (SSSR count). The third kappa shape index (κ3) is 9.08. The summed E-state index contributed by atoms with van der Waals surface area (Å²) in [6.45, 7) is 1.21. The van der Waals surface area contributed by atoms with Crippen LogP contribution in [-0.2, 0) is 14.3 Å². The number of hydrogen-bond donors (Lipinski definition) is 2. The molecule has 0 spiro atoms. The number of pyridine rings is 1. The summed E-state index contributed by atoms with van der Waals surface area (Å²) >= 11 is 0. The highest BCUT2D eigenvalue weighted by Crippen LogP contribution is 2.34. The van der Waals surface area contributed by atoms with Crippen molar-refractivity contribution in [2.75, 3.05) is 25.2 Å². The molecule has 2 fully saturated rings. The fourth-order valence-electron chi connectivity index (χ4n) is 3.48. The number of methoxy groups -OCH3 is 1. The Morgan fingerprint density at radius 2 is 1.69 bits per heavy atom. The maximum absolute atomic E-state index is 13.9. The van der Waals surface area contributed by atoms with Gasteiger partial charge in [-0.05, 0) is 25.0 Å². The molecule has 2 aliphatic rings. The van der Waals surface area contributed by atoms with Crippen molar-refractivity contribution in [3.63, 3.8) is 0 Å². The maximum Gasteiger partial charge on any atom is 0.490 e. The summed E-state index contributed by atoms with van der Waals surface area (Å²) in [6.07, 6.45) is -5.74. The van der Waals surface area contributed by atoms with Crippen LogP contribution in [0.4, 0.5) is 36.6 Å². The molecule has 0 amide bonds. The number of nitrogens with zero attached hydrogens (tertiary/aromatic N) is 4. The van der Waals surface area contributed by atoms with Gasteiger partial charge in [0.05, 0.1) is 19.7 Å². The molecule has 0 aliphatic carbocycles. The zero-order chi connectivity index (χ0) is 29.4. The average Bonchev–Trinajstić information content (AvgIpc) is 3.23. The monoisotopic (exact) mass is 574 g/mol. The number of aliphatic carboxylic acids is 2. The zero-order valence-electron chi connectivity index (χ0n) is 19.8. The molecular formula is C21H21F7N4O7. The van der Waals surface area contributed by atoms with Gasteiger partial charge in [-0.1, -0.05) is 0 Å². The van der Waals surface area contributed by atoms with Crippen LogP contribution in [0.15, 0.2) is 30.7 Å². The fraction of sp³-hybridized carbons (Fsp3) is 0.476. The van der Waals surface area contributed by atoms with Crippen LogP contribution in [0, 0.1) is 5.82 Å². The SMILES string of the molecule is COc1cc(N2C[C@H](Oc3ncccc3F)[C@H]3OCCC[C@H]32)ncn1.O=C(O)C(F)(F)F.O=C(O)C(F)(F)F. The predicted molar refractivity (Wildman–Crippen MR) is 115 cm³/mol. The highest BCUT2D eigenvalue weighted by atomic mass is 19.4. The minimum Gasteiger partial charge on any atom is -0.481 e. The van der Waals surface area contributed by atoms with E-state index in [0.717, 1.165) is 18.7 Å². The van der Waals surface area contributed by atoms with Gasteiger partial charge in [0.1, 0.15) is 24.4 Å². The molecule has 0 radical (unpaired) electrons. The van der Waals surface area contributed by atoms with E-state index < -0.39 is 30.1 Å². The number of hydrogen-bond acceptors (Lipinski definition) is 9. The smallest absolute Gasteiger partial charge is 0.481 e. The Hall–Kier alpha value is -3.96. The first-order valence-corrected chi connectivity index (χ1v) is 10.8. The largest absolute Gasteiger partial charge is 0.490 e. The normalized spacial score (nSPS) is 20.4.